The molecule has 1 fully saturated rings. The van der Waals surface area contributed by atoms with Crippen molar-refractivity contribution in [3.63, 3.8) is 0 Å². The molecule has 0 saturated heterocycles. The van der Waals surface area contributed by atoms with Gasteiger partial charge in [0, 0.05) is 37.4 Å². The van der Waals surface area contributed by atoms with Gasteiger partial charge in [-0.05, 0) is 31.0 Å². The Kier molecular flexibility index (Phi) is 5.41. The molecular formula is C15H23N3O3. The molecule has 0 aliphatic heterocycles. The summed E-state index contributed by atoms with van der Waals surface area (Å²) in [7, 11) is 3.36. The maximum atomic E-state index is 8.81. The first-order valence-electron chi connectivity index (χ1n) is 7.07. The molecule has 6 heteroatoms. The van der Waals surface area contributed by atoms with E-state index in [1.54, 1.807) is 20.3 Å². The molecule has 0 heterocycles. The van der Waals surface area contributed by atoms with Gasteiger partial charge in [-0.25, -0.2) is 0 Å². The summed E-state index contributed by atoms with van der Waals surface area (Å²) in [5.74, 6) is 0.918. The Labute approximate surface area is 125 Å². The fraction of sp³-hybridized carbons (Fsp3) is 0.533. The van der Waals surface area contributed by atoms with E-state index >= 15 is 0 Å². The highest BCUT2D eigenvalue weighted by molar-refractivity contribution is 5.97. The van der Waals surface area contributed by atoms with Crippen molar-refractivity contribution in [1.82, 2.24) is 4.90 Å². The molecular weight excluding hydrogens is 270 g/mol. The normalized spacial score (nSPS) is 15.5. The number of methoxy groups -OCH3 is 2. The van der Waals surface area contributed by atoms with Crippen molar-refractivity contribution in [3.8, 4) is 5.75 Å². The van der Waals surface area contributed by atoms with E-state index in [1.165, 1.54) is 12.8 Å². The van der Waals surface area contributed by atoms with Crippen LogP contribution in [0.4, 0.5) is 0 Å². The summed E-state index contributed by atoms with van der Waals surface area (Å²) >= 11 is 0. The van der Waals surface area contributed by atoms with Crippen LogP contribution < -0.4 is 10.5 Å². The first-order valence-corrected chi connectivity index (χ1v) is 7.07. The maximum absolute atomic E-state index is 8.81. The molecule has 0 aromatic heterocycles. The Balaban J connectivity index is 2.19. The second kappa shape index (κ2) is 7.28. The molecule has 2 rings (SSSR count). The lowest BCUT2D eigenvalue weighted by molar-refractivity contribution is 0.139. The largest absolute Gasteiger partial charge is 0.496 e. The van der Waals surface area contributed by atoms with Gasteiger partial charge in [0.25, 0.3) is 0 Å². The van der Waals surface area contributed by atoms with Crippen LogP contribution in [0.2, 0.25) is 0 Å². The molecule has 1 aliphatic rings. The zero-order valence-corrected chi connectivity index (χ0v) is 12.6. The van der Waals surface area contributed by atoms with Crippen LogP contribution in [0.1, 0.15) is 24.0 Å². The lowest BCUT2D eigenvalue weighted by atomic mass is 10.1. The lowest BCUT2D eigenvalue weighted by Gasteiger charge is -2.23. The smallest absolute Gasteiger partial charge is 0.170 e. The number of hydrogen-bond donors (Lipinski definition) is 2. The van der Waals surface area contributed by atoms with Gasteiger partial charge in [-0.2, -0.15) is 0 Å². The highest BCUT2D eigenvalue weighted by Crippen LogP contribution is 2.30. The lowest BCUT2D eigenvalue weighted by Crippen LogP contribution is -2.29. The molecule has 116 valence electrons. The standard InChI is InChI=1S/C15H23N3O3/c1-20-8-7-18(13-4-5-13)10-12-9-11(15(16)17-19)3-6-14(12)21-2/h3,6,9,13,19H,4-5,7-8,10H2,1-2H3,(H2,16,17). The fourth-order valence-electron chi connectivity index (χ4n) is 2.38. The first kappa shape index (κ1) is 15.6. The van der Waals surface area contributed by atoms with E-state index in [1.807, 2.05) is 12.1 Å². The Morgan fingerprint density at radius 1 is 1.43 bits per heavy atom. The molecule has 0 amide bonds. The number of benzene rings is 1. The molecule has 1 aromatic carbocycles. The first-order chi connectivity index (χ1) is 10.2. The average molecular weight is 293 g/mol. The van der Waals surface area contributed by atoms with Crippen molar-refractivity contribution in [2.45, 2.75) is 25.4 Å². The summed E-state index contributed by atoms with van der Waals surface area (Å²) in [6, 6.07) is 6.17. The third-order valence-corrected chi connectivity index (χ3v) is 3.70. The molecule has 0 radical (unpaired) electrons. The summed E-state index contributed by atoms with van der Waals surface area (Å²) in [6.07, 6.45) is 2.46. The summed E-state index contributed by atoms with van der Waals surface area (Å²) in [5, 5.41) is 11.9. The number of nitrogens with zero attached hydrogens (tertiary/aromatic N) is 2. The maximum Gasteiger partial charge on any atom is 0.170 e. The predicted octanol–water partition coefficient (Wildman–Crippen LogP) is 1.40. The van der Waals surface area contributed by atoms with Crippen LogP contribution in [0.15, 0.2) is 23.4 Å². The summed E-state index contributed by atoms with van der Waals surface area (Å²) in [5.41, 5.74) is 7.39. The Morgan fingerprint density at radius 3 is 2.76 bits per heavy atom. The average Bonchev–Trinajstić information content (AvgIpc) is 3.35. The SMILES string of the molecule is COCCN(Cc1cc(/C(N)=N/O)ccc1OC)C1CC1. The number of amidine groups is 1. The van der Waals surface area contributed by atoms with Crippen molar-refractivity contribution in [2.75, 3.05) is 27.4 Å². The van der Waals surface area contributed by atoms with Gasteiger partial charge in [0.2, 0.25) is 0 Å². The number of rotatable bonds is 8. The van der Waals surface area contributed by atoms with Crippen molar-refractivity contribution in [3.05, 3.63) is 29.3 Å². The van der Waals surface area contributed by atoms with Crippen LogP contribution in [0.5, 0.6) is 5.75 Å². The molecule has 1 aliphatic carbocycles. The summed E-state index contributed by atoms with van der Waals surface area (Å²) in [4.78, 5) is 2.39. The molecule has 1 saturated carbocycles. The Morgan fingerprint density at radius 2 is 2.19 bits per heavy atom. The fourth-order valence-corrected chi connectivity index (χ4v) is 2.38. The van der Waals surface area contributed by atoms with E-state index in [2.05, 4.69) is 10.1 Å². The molecule has 3 N–H and O–H groups in total. The topological polar surface area (TPSA) is 80.3 Å². The van der Waals surface area contributed by atoms with E-state index in [4.69, 9.17) is 20.4 Å². The van der Waals surface area contributed by atoms with Gasteiger partial charge in [0.1, 0.15) is 5.75 Å². The van der Waals surface area contributed by atoms with E-state index in [9.17, 15) is 0 Å². The number of ether oxygens (including phenoxy) is 2. The van der Waals surface area contributed by atoms with Crippen LogP contribution >= 0.6 is 0 Å². The molecule has 1 aromatic rings. The van der Waals surface area contributed by atoms with Crippen LogP contribution in [0, 0.1) is 0 Å². The van der Waals surface area contributed by atoms with E-state index in [0.29, 0.717) is 18.2 Å². The van der Waals surface area contributed by atoms with Gasteiger partial charge in [0.15, 0.2) is 5.84 Å². The van der Waals surface area contributed by atoms with E-state index in [0.717, 1.165) is 24.4 Å². The second-order valence-electron chi connectivity index (χ2n) is 5.21. The van der Waals surface area contributed by atoms with Gasteiger partial charge in [-0.3, -0.25) is 4.90 Å². The van der Waals surface area contributed by atoms with E-state index in [-0.39, 0.29) is 5.84 Å². The third-order valence-electron chi connectivity index (χ3n) is 3.70. The van der Waals surface area contributed by atoms with Gasteiger partial charge in [-0.1, -0.05) is 5.16 Å². The highest BCUT2D eigenvalue weighted by atomic mass is 16.5. The van der Waals surface area contributed by atoms with Crippen LogP contribution in [-0.2, 0) is 11.3 Å². The molecule has 0 bridgehead atoms. The van der Waals surface area contributed by atoms with Crippen molar-refractivity contribution >= 4 is 5.84 Å². The van der Waals surface area contributed by atoms with Crippen molar-refractivity contribution < 1.29 is 14.7 Å². The Bertz CT molecular complexity index is 501. The monoisotopic (exact) mass is 293 g/mol. The quantitative estimate of drug-likeness (QED) is 0.328. The highest BCUT2D eigenvalue weighted by Gasteiger charge is 2.29. The molecule has 0 spiro atoms. The van der Waals surface area contributed by atoms with Crippen LogP contribution in [0.3, 0.4) is 0 Å². The Hall–Kier alpha value is -1.79. The van der Waals surface area contributed by atoms with E-state index < -0.39 is 0 Å². The second-order valence-corrected chi connectivity index (χ2v) is 5.21. The molecule has 0 unspecified atom stereocenters. The van der Waals surface area contributed by atoms with Crippen LogP contribution in [-0.4, -0.2) is 49.4 Å². The van der Waals surface area contributed by atoms with Gasteiger partial charge in [-0.15, -0.1) is 0 Å². The minimum absolute atomic E-state index is 0.105. The number of hydrogen-bond acceptors (Lipinski definition) is 5. The molecule has 6 nitrogen and oxygen atoms in total. The number of nitrogens with two attached hydrogens (primary N) is 1. The van der Waals surface area contributed by atoms with Crippen molar-refractivity contribution in [2.24, 2.45) is 10.9 Å². The minimum atomic E-state index is 0.105. The minimum Gasteiger partial charge on any atom is -0.496 e. The summed E-state index contributed by atoms with van der Waals surface area (Å²) < 4.78 is 10.6. The molecule has 0 atom stereocenters. The van der Waals surface area contributed by atoms with Gasteiger partial charge in [0.05, 0.1) is 13.7 Å². The van der Waals surface area contributed by atoms with Crippen molar-refractivity contribution in [1.29, 1.82) is 0 Å². The third kappa shape index (κ3) is 4.09. The van der Waals surface area contributed by atoms with Crippen LogP contribution in [0.25, 0.3) is 0 Å². The summed E-state index contributed by atoms with van der Waals surface area (Å²) in [6.45, 7) is 2.36. The molecule has 21 heavy (non-hydrogen) atoms. The predicted molar refractivity (Wildman–Crippen MR) is 80.8 cm³/mol. The zero-order valence-electron chi connectivity index (χ0n) is 12.6. The zero-order chi connectivity index (χ0) is 15.2. The number of oxime groups is 1. The van der Waals surface area contributed by atoms with Gasteiger partial charge >= 0.3 is 0 Å². The van der Waals surface area contributed by atoms with Gasteiger partial charge < -0.3 is 20.4 Å².